The summed E-state index contributed by atoms with van der Waals surface area (Å²) in [4.78, 5) is 0. The topological polar surface area (TPSA) is 20.2 Å². The minimum absolute atomic E-state index is 0.140. The van der Waals surface area contributed by atoms with Gasteiger partial charge in [-0.3, -0.25) is 13.2 Å². The summed E-state index contributed by atoms with van der Waals surface area (Å²) in [6, 6.07) is 62.0. The molecule has 0 bridgehead atoms. The van der Waals surface area contributed by atoms with Crippen LogP contribution in [0.1, 0.15) is 23.6 Å². The molecule has 0 fully saturated rings. The number of aliphatic hydroxyl groups excluding tert-OH is 1. The van der Waals surface area contributed by atoms with Crippen LogP contribution in [-0.4, -0.2) is 26.6 Å². The van der Waals surface area contributed by atoms with E-state index in [4.69, 9.17) is 5.11 Å². The molecule has 6 aromatic rings. The molecule has 8 heteroatoms. The van der Waals surface area contributed by atoms with Gasteiger partial charge in [0.05, 0.1) is 28.1 Å². The molecule has 0 atom stereocenters. The Morgan fingerprint density at radius 2 is 0.647 bits per heavy atom. The maximum absolute atomic E-state index is 9.50. The van der Waals surface area contributed by atoms with Crippen LogP contribution in [-0.2, 0) is 18.4 Å². The van der Waals surface area contributed by atoms with Crippen molar-refractivity contribution in [3.63, 3.8) is 0 Å². The zero-order valence-electron chi connectivity index (χ0n) is 29.6. The number of aryl methyl sites for hydroxylation is 1. The summed E-state index contributed by atoms with van der Waals surface area (Å²) < 4.78 is 25.8. The second kappa shape index (κ2) is 29.5. The molecule has 1 N–H and O–H groups in total. The average Bonchev–Trinajstić information content (AvgIpc) is 3.25. The predicted octanol–water partition coefficient (Wildman–Crippen LogP) is 12.9. The summed E-state index contributed by atoms with van der Waals surface area (Å²) in [6.45, 7) is 2.30. The van der Waals surface area contributed by atoms with Crippen LogP contribution in [0.2, 0.25) is 0 Å². The van der Waals surface area contributed by atoms with Crippen molar-refractivity contribution in [2.75, 3.05) is 21.5 Å². The van der Waals surface area contributed by atoms with Crippen LogP contribution in [0, 0.1) is 0 Å². The van der Waals surface area contributed by atoms with E-state index in [9.17, 15) is 13.2 Å². The zero-order chi connectivity index (χ0) is 38.2. The van der Waals surface area contributed by atoms with Gasteiger partial charge < -0.3 is 5.11 Å². The average molecular weight is 907 g/mol. The quantitative estimate of drug-likeness (QED) is 0.130. The van der Waals surface area contributed by atoms with Gasteiger partial charge in [-0.2, -0.15) is 0 Å². The molecule has 0 amide bonds. The third kappa shape index (κ3) is 16.9. The molecule has 6 aromatic carbocycles. The van der Waals surface area contributed by atoms with Crippen LogP contribution >= 0.6 is 50.9 Å². The Balaban J connectivity index is 0.000000693. The van der Waals surface area contributed by atoms with Crippen molar-refractivity contribution < 1.29 is 18.3 Å². The van der Waals surface area contributed by atoms with Crippen molar-refractivity contribution in [3.8, 4) is 0 Å². The van der Waals surface area contributed by atoms with E-state index in [2.05, 4.69) is 181 Å². The largest absolute Gasteiger partial charge is 0.392 e. The van der Waals surface area contributed by atoms with Crippen molar-refractivity contribution >= 4 is 66.8 Å². The van der Waals surface area contributed by atoms with Crippen molar-refractivity contribution in [1.29, 1.82) is 0 Å². The molecule has 0 heterocycles. The van der Waals surface area contributed by atoms with E-state index in [1.54, 1.807) is 0 Å². The molecule has 0 radical (unpaired) electrons. The molecular weight excluding hydrogens is 857 g/mol. The fraction of sp³-hybridized carbons (Fsp3) is 0.163. The fourth-order valence-electron chi connectivity index (χ4n) is 4.38. The maximum Gasteiger partial charge on any atom is 0.0785 e. The van der Waals surface area contributed by atoms with Crippen LogP contribution in [0.5, 0.6) is 0 Å². The van der Waals surface area contributed by atoms with E-state index in [0.717, 1.165) is 17.3 Å². The summed E-state index contributed by atoms with van der Waals surface area (Å²) >= 11 is 11.7. The van der Waals surface area contributed by atoms with Gasteiger partial charge in [-0.1, -0.05) is 114 Å². The summed E-state index contributed by atoms with van der Waals surface area (Å²) in [5.74, 6) is 0. The van der Waals surface area contributed by atoms with Crippen LogP contribution in [0.15, 0.2) is 182 Å². The standard InChI is InChI=1S/C18H15Br2P.C8H10.C7H7Br.C7H8O.3CH3F/c19-21(20,16-10-4-1-5-11-16,17-12-6-2-7-13-17)18-14-8-3-9-15-18;1-2-8-6-4-3-5-7-8;2*8-6-7-4-2-1-3-5-7;3*1-2/h1-15H;3-7H,2H2,1H3;1-5H,6H2;1-5,8H,6H2;3*1H3/i;;;;3*2-1. The molecule has 51 heavy (non-hydrogen) atoms. The molecule has 0 saturated heterocycles. The van der Waals surface area contributed by atoms with Gasteiger partial charge in [-0.15, -0.1) is 0 Å². The van der Waals surface area contributed by atoms with Crippen molar-refractivity contribution in [2.45, 2.75) is 25.3 Å². The normalized spacial score (nSPS) is 10.1. The van der Waals surface area contributed by atoms with Gasteiger partial charge in [0.15, 0.2) is 0 Å². The molecular formula is C43H49Br3F3OP. The summed E-state index contributed by atoms with van der Waals surface area (Å²) in [5.41, 5.74) is 3.70. The number of benzene rings is 6. The first-order chi connectivity index (χ1) is 24.9. The molecule has 0 aliphatic carbocycles. The number of hydrogen-bond acceptors (Lipinski definition) is 1. The van der Waals surface area contributed by atoms with Gasteiger partial charge in [-0.05, 0) is 23.1 Å². The molecule has 0 aliphatic heterocycles. The molecule has 0 aromatic heterocycles. The van der Waals surface area contributed by atoms with Crippen LogP contribution < -0.4 is 15.9 Å². The van der Waals surface area contributed by atoms with E-state index in [0.29, 0.717) is 21.5 Å². The predicted molar refractivity (Wildman–Crippen MR) is 231 cm³/mol. The maximum atomic E-state index is 9.50. The number of alkyl halides is 4. The molecule has 274 valence electrons. The Kier molecular flexibility index (Phi) is 27.7. The van der Waals surface area contributed by atoms with Crippen LogP contribution in [0.3, 0.4) is 0 Å². The summed E-state index contributed by atoms with van der Waals surface area (Å²) in [5, 5.41) is 13.3. The molecule has 0 saturated carbocycles. The van der Waals surface area contributed by atoms with Gasteiger partial charge in [-0.25, -0.2) is 0 Å². The third-order valence-corrected chi connectivity index (χ3v) is 18.5. The van der Waals surface area contributed by atoms with E-state index in [1.165, 1.54) is 27.0 Å². The monoisotopic (exact) mass is 903 g/mol. The van der Waals surface area contributed by atoms with Gasteiger partial charge in [0, 0.05) is 5.33 Å². The minimum Gasteiger partial charge on any atom is -0.392 e. The van der Waals surface area contributed by atoms with Crippen LogP contribution in [0.4, 0.5) is 13.2 Å². The Hall–Kier alpha value is -3.06. The van der Waals surface area contributed by atoms with Gasteiger partial charge in [0.1, 0.15) is 0 Å². The number of rotatable bonds is 6. The van der Waals surface area contributed by atoms with Gasteiger partial charge in [0.25, 0.3) is 0 Å². The second-order valence-corrected chi connectivity index (χ2v) is 25.3. The minimum atomic E-state index is -2.75. The van der Waals surface area contributed by atoms with Gasteiger partial charge in [0.2, 0.25) is 0 Å². The zero-order valence-corrected chi connectivity index (χ0v) is 35.3. The first kappa shape index (κ1) is 47.9. The number of halogens is 6. The summed E-state index contributed by atoms with van der Waals surface area (Å²) in [7, 11) is 1.50. The molecule has 6 rings (SSSR count). The number of hydrogen-bond donors (Lipinski definition) is 1. The Morgan fingerprint density at radius 3 is 0.824 bits per heavy atom. The van der Waals surface area contributed by atoms with E-state index >= 15 is 0 Å². The third-order valence-electron chi connectivity index (χ3n) is 6.90. The van der Waals surface area contributed by atoms with Crippen molar-refractivity contribution in [1.82, 2.24) is 0 Å². The first-order valence-corrected chi connectivity index (χ1v) is 23.4. The van der Waals surface area contributed by atoms with Crippen molar-refractivity contribution in [3.05, 3.63) is 199 Å². The van der Waals surface area contributed by atoms with Crippen LogP contribution in [0.25, 0.3) is 0 Å². The SMILES string of the molecule is BrCc1ccccc1.BrP(Br)(c1ccccc1)(c1ccccc1)c1ccccc1.CCc1ccccc1.C[18F].C[18F].C[18F].OCc1ccccc1. The molecule has 0 aliphatic rings. The van der Waals surface area contributed by atoms with E-state index in [1.807, 2.05) is 54.6 Å². The molecule has 1 nitrogen and oxygen atoms in total. The first-order valence-electron chi connectivity index (χ1n) is 16.0. The van der Waals surface area contributed by atoms with E-state index < -0.39 is 4.01 Å². The smallest absolute Gasteiger partial charge is 0.0785 e. The van der Waals surface area contributed by atoms with E-state index in [-0.39, 0.29) is 6.61 Å². The molecule has 0 spiro atoms. The Morgan fingerprint density at radius 1 is 0.412 bits per heavy atom. The van der Waals surface area contributed by atoms with Gasteiger partial charge >= 0.3 is 142 Å². The second-order valence-electron chi connectivity index (χ2n) is 10.0. The Labute approximate surface area is 328 Å². The molecule has 0 unspecified atom stereocenters. The Bertz CT molecular complexity index is 1420. The fourth-order valence-corrected chi connectivity index (χ4v) is 12.0. The number of aliphatic hydroxyl groups is 1. The van der Waals surface area contributed by atoms with Crippen molar-refractivity contribution in [2.24, 2.45) is 0 Å². The summed E-state index contributed by atoms with van der Waals surface area (Å²) in [6.07, 6.45) is 1.14.